The van der Waals surface area contributed by atoms with E-state index in [2.05, 4.69) is 0 Å². The third kappa shape index (κ3) is 1.70. The van der Waals surface area contributed by atoms with Gasteiger partial charge in [-0.25, -0.2) is 0 Å². The average Bonchev–Trinajstić information content (AvgIpc) is 1.85. The van der Waals surface area contributed by atoms with Gasteiger partial charge in [-0.15, -0.1) is 0 Å². The number of rotatable bonds is 1. The van der Waals surface area contributed by atoms with Crippen molar-refractivity contribution in [3.05, 3.63) is 0 Å². The van der Waals surface area contributed by atoms with Gasteiger partial charge >= 0.3 is 5.97 Å². The molecule has 1 aliphatic carbocycles. The van der Waals surface area contributed by atoms with Crippen LogP contribution in [0.15, 0.2) is 0 Å². The smallest absolute Gasteiger partial charge is 0.311 e. The van der Waals surface area contributed by atoms with Gasteiger partial charge < -0.3 is 15.3 Å². The molecule has 1 aliphatic rings. The Morgan fingerprint density at radius 1 is 1.18 bits per heavy atom. The van der Waals surface area contributed by atoms with E-state index in [1.807, 2.05) is 0 Å². The second-order valence-corrected chi connectivity index (χ2v) is 2.93. The molecule has 4 heteroatoms. The molecule has 0 aromatic rings. The molecule has 0 spiro atoms. The third-order valence-electron chi connectivity index (χ3n) is 2.11. The Hall–Kier alpha value is -0.610. The zero-order valence-corrected chi connectivity index (χ0v) is 6.10. The molecule has 1 fully saturated rings. The number of aliphatic carboxylic acids is 1. The van der Waals surface area contributed by atoms with Crippen LogP contribution in [-0.4, -0.2) is 33.5 Å². The Kier molecular flexibility index (Phi) is 2.46. The van der Waals surface area contributed by atoms with Crippen LogP contribution >= 0.6 is 0 Å². The summed E-state index contributed by atoms with van der Waals surface area (Å²) in [6, 6.07) is 0. The molecule has 0 radical (unpaired) electrons. The molecule has 3 N–H and O–H groups in total. The summed E-state index contributed by atoms with van der Waals surface area (Å²) in [5.74, 6) is -2.09. The van der Waals surface area contributed by atoms with Crippen molar-refractivity contribution in [1.29, 1.82) is 0 Å². The SMILES string of the molecule is O=C(O)C1C(O)CCCC1O. The number of aliphatic hydroxyl groups excluding tert-OH is 2. The second kappa shape index (κ2) is 3.19. The molecule has 0 aromatic heterocycles. The van der Waals surface area contributed by atoms with Gasteiger partial charge in [-0.2, -0.15) is 0 Å². The van der Waals surface area contributed by atoms with Crippen molar-refractivity contribution < 1.29 is 20.1 Å². The van der Waals surface area contributed by atoms with E-state index in [0.717, 1.165) is 0 Å². The maximum atomic E-state index is 10.5. The predicted octanol–water partition coefficient (Wildman–Crippen LogP) is -0.407. The summed E-state index contributed by atoms with van der Waals surface area (Å²) in [5, 5.41) is 26.9. The van der Waals surface area contributed by atoms with Crippen LogP contribution in [0.3, 0.4) is 0 Å². The van der Waals surface area contributed by atoms with Gasteiger partial charge in [-0.1, -0.05) is 0 Å². The van der Waals surface area contributed by atoms with Crippen LogP contribution in [0.4, 0.5) is 0 Å². The first-order valence-corrected chi connectivity index (χ1v) is 3.72. The molecule has 0 heterocycles. The second-order valence-electron chi connectivity index (χ2n) is 2.93. The van der Waals surface area contributed by atoms with Crippen molar-refractivity contribution in [2.75, 3.05) is 0 Å². The molecular weight excluding hydrogens is 148 g/mol. The molecule has 0 saturated heterocycles. The monoisotopic (exact) mass is 160 g/mol. The van der Waals surface area contributed by atoms with Crippen LogP contribution in [0, 0.1) is 5.92 Å². The first-order chi connectivity index (χ1) is 5.13. The van der Waals surface area contributed by atoms with Crippen molar-refractivity contribution in [3.63, 3.8) is 0 Å². The van der Waals surface area contributed by atoms with Gasteiger partial charge in [0, 0.05) is 0 Å². The van der Waals surface area contributed by atoms with Gasteiger partial charge in [0.2, 0.25) is 0 Å². The molecule has 64 valence electrons. The van der Waals surface area contributed by atoms with Crippen LogP contribution in [0.5, 0.6) is 0 Å². The van der Waals surface area contributed by atoms with Gasteiger partial charge in [-0.3, -0.25) is 4.79 Å². The van der Waals surface area contributed by atoms with Crippen molar-refractivity contribution in [2.45, 2.75) is 31.5 Å². The Morgan fingerprint density at radius 3 is 1.91 bits per heavy atom. The molecule has 2 unspecified atom stereocenters. The third-order valence-corrected chi connectivity index (χ3v) is 2.11. The molecule has 4 nitrogen and oxygen atoms in total. The van der Waals surface area contributed by atoms with E-state index >= 15 is 0 Å². The van der Waals surface area contributed by atoms with Crippen molar-refractivity contribution in [3.8, 4) is 0 Å². The fraction of sp³-hybridized carbons (Fsp3) is 0.857. The lowest BCUT2D eigenvalue weighted by atomic mass is 9.84. The first-order valence-electron chi connectivity index (χ1n) is 3.72. The van der Waals surface area contributed by atoms with E-state index in [0.29, 0.717) is 19.3 Å². The molecule has 0 bridgehead atoms. The maximum Gasteiger partial charge on any atom is 0.311 e. The minimum Gasteiger partial charge on any atom is -0.481 e. The molecule has 0 aromatic carbocycles. The average molecular weight is 160 g/mol. The van der Waals surface area contributed by atoms with Crippen molar-refractivity contribution in [2.24, 2.45) is 5.92 Å². The van der Waals surface area contributed by atoms with Crippen LogP contribution in [0.1, 0.15) is 19.3 Å². The molecule has 0 amide bonds. The minimum absolute atomic E-state index is 0.480. The van der Waals surface area contributed by atoms with E-state index in [4.69, 9.17) is 15.3 Å². The topological polar surface area (TPSA) is 77.8 Å². The summed E-state index contributed by atoms with van der Waals surface area (Å²) < 4.78 is 0. The number of hydrogen-bond acceptors (Lipinski definition) is 3. The first kappa shape index (κ1) is 8.49. The molecular formula is C7H12O4. The highest BCUT2D eigenvalue weighted by molar-refractivity contribution is 5.71. The summed E-state index contributed by atoms with van der Waals surface area (Å²) in [4.78, 5) is 10.5. The lowest BCUT2D eigenvalue weighted by Gasteiger charge is -2.28. The Balaban J connectivity index is 2.62. The molecule has 1 rings (SSSR count). The number of aliphatic hydroxyl groups is 2. The van der Waals surface area contributed by atoms with E-state index < -0.39 is 24.1 Å². The highest BCUT2D eigenvalue weighted by Gasteiger charge is 2.36. The summed E-state index contributed by atoms with van der Waals surface area (Å²) in [5.41, 5.74) is 0. The summed E-state index contributed by atoms with van der Waals surface area (Å²) in [6.45, 7) is 0. The molecule has 2 atom stereocenters. The van der Waals surface area contributed by atoms with Gasteiger partial charge in [0.05, 0.1) is 12.2 Å². The highest BCUT2D eigenvalue weighted by Crippen LogP contribution is 2.24. The van der Waals surface area contributed by atoms with Crippen molar-refractivity contribution in [1.82, 2.24) is 0 Å². The fourth-order valence-corrected chi connectivity index (χ4v) is 1.48. The summed E-state index contributed by atoms with van der Waals surface area (Å²) >= 11 is 0. The standard InChI is InChI=1S/C7H12O4/c8-4-2-1-3-5(9)6(4)7(10)11/h4-6,8-9H,1-3H2,(H,10,11). The molecule has 1 saturated carbocycles. The molecule has 0 aliphatic heterocycles. The summed E-state index contributed by atoms with van der Waals surface area (Å²) in [6.07, 6.45) is -0.0961. The lowest BCUT2D eigenvalue weighted by molar-refractivity contribution is -0.154. The van der Waals surface area contributed by atoms with E-state index in [1.54, 1.807) is 0 Å². The predicted molar refractivity (Wildman–Crippen MR) is 37.0 cm³/mol. The Morgan fingerprint density at radius 2 is 1.64 bits per heavy atom. The number of carbonyl (C=O) groups is 1. The summed E-state index contributed by atoms with van der Waals surface area (Å²) in [7, 11) is 0. The van der Waals surface area contributed by atoms with Gasteiger partial charge in [0.25, 0.3) is 0 Å². The largest absolute Gasteiger partial charge is 0.481 e. The van der Waals surface area contributed by atoms with Gasteiger partial charge in [-0.05, 0) is 19.3 Å². The fourth-order valence-electron chi connectivity index (χ4n) is 1.48. The Labute approximate surface area is 64.5 Å². The van der Waals surface area contributed by atoms with E-state index in [1.165, 1.54) is 0 Å². The zero-order valence-electron chi connectivity index (χ0n) is 6.10. The van der Waals surface area contributed by atoms with Crippen LogP contribution in [0.2, 0.25) is 0 Å². The minimum atomic E-state index is -1.11. The Bertz CT molecular complexity index is 147. The zero-order chi connectivity index (χ0) is 8.43. The highest BCUT2D eigenvalue weighted by atomic mass is 16.4. The number of carboxylic acids is 1. The van der Waals surface area contributed by atoms with Gasteiger partial charge in [0.1, 0.15) is 5.92 Å². The van der Waals surface area contributed by atoms with Crippen LogP contribution in [-0.2, 0) is 4.79 Å². The quantitative estimate of drug-likeness (QED) is 0.487. The number of carboxylic acid groups (broad SMARTS) is 1. The normalized spacial score (nSPS) is 38.5. The van der Waals surface area contributed by atoms with Crippen LogP contribution in [0.25, 0.3) is 0 Å². The number of hydrogen-bond donors (Lipinski definition) is 3. The van der Waals surface area contributed by atoms with Gasteiger partial charge in [0.15, 0.2) is 0 Å². The maximum absolute atomic E-state index is 10.5. The van der Waals surface area contributed by atoms with E-state index in [-0.39, 0.29) is 0 Å². The molecule has 11 heavy (non-hydrogen) atoms. The van der Waals surface area contributed by atoms with Crippen LogP contribution < -0.4 is 0 Å². The van der Waals surface area contributed by atoms with E-state index in [9.17, 15) is 4.79 Å². The lowest BCUT2D eigenvalue weighted by Crippen LogP contribution is -2.41. The van der Waals surface area contributed by atoms with Crippen molar-refractivity contribution >= 4 is 5.97 Å².